The lowest BCUT2D eigenvalue weighted by molar-refractivity contribution is -0.355. The van der Waals surface area contributed by atoms with E-state index in [4.69, 9.17) is 5.11 Å². The Labute approximate surface area is 97.9 Å². The molecular weight excluding hydrogens is 364 g/mol. The normalized spacial score (nSPS) is 16.0. The summed E-state index contributed by atoms with van der Waals surface area (Å²) in [5.41, 5.74) is 0. The molecule has 2 nitrogen and oxygen atoms in total. The molecule has 0 radical (unpaired) electrons. The Kier molecular flexibility index (Phi) is 4.45. The number of halogens is 8. The number of hydrogen-bond donors (Lipinski definition) is 1. The summed E-state index contributed by atoms with van der Waals surface area (Å²) in [6, 6.07) is 0. The molecule has 0 bridgehead atoms. The van der Waals surface area contributed by atoms with Gasteiger partial charge in [0.25, 0.3) is 0 Å². The van der Waals surface area contributed by atoms with Gasteiger partial charge in [0.1, 0.15) is 3.92 Å². The summed E-state index contributed by atoms with van der Waals surface area (Å²) in [7, 11) is 0. The van der Waals surface area contributed by atoms with Gasteiger partial charge in [-0.25, -0.2) is 0 Å². The summed E-state index contributed by atoms with van der Waals surface area (Å²) in [6.45, 7) is 0. The second-order valence-corrected chi connectivity index (χ2v) is 4.29. The predicted octanol–water partition coefficient (Wildman–Crippen LogP) is 3.10. The third kappa shape index (κ3) is 3.10. The summed E-state index contributed by atoms with van der Waals surface area (Å²) >= 11 is 0.845. The molecule has 16 heavy (non-hydrogen) atoms. The molecule has 1 atom stereocenters. The highest BCUT2D eigenvalue weighted by Gasteiger charge is 2.73. The van der Waals surface area contributed by atoms with Gasteiger partial charge >= 0.3 is 24.0 Å². The molecule has 0 fully saturated rings. The molecule has 96 valence electrons. The van der Waals surface area contributed by atoms with Gasteiger partial charge in [0, 0.05) is 6.42 Å². The number of carbonyl (C=O) groups is 1. The van der Waals surface area contributed by atoms with Crippen molar-refractivity contribution in [3.8, 4) is 0 Å². The molecular formula is C6H4F7IO2. The molecule has 0 rings (SSSR count). The lowest BCUT2D eigenvalue weighted by Crippen LogP contribution is -2.53. The number of alkyl halides is 8. The molecule has 1 N–H and O–H groups in total. The van der Waals surface area contributed by atoms with Crippen LogP contribution in [0.5, 0.6) is 0 Å². The fourth-order valence-corrected chi connectivity index (χ4v) is 1.20. The smallest absolute Gasteiger partial charge is 0.459 e. The van der Waals surface area contributed by atoms with Crippen LogP contribution in [0.25, 0.3) is 0 Å². The first kappa shape index (κ1) is 15.7. The monoisotopic (exact) mass is 368 g/mol. The largest absolute Gasteiger partial charge is 0.480 e. The van der Waals surface area contributed by atoms with Gasteiger partial charge in [-0.15, -0.1) is 0 Å². The van der Waals surface area contributed by atoms with Crippen LogP contribution in [-0.4, -0.2) is 33.0 Å². The summed E-state index contributed by atoms with van der Waals surface area (Å²) in [6.07, 6.45) is -8.53. The zero-order valence-corrected chi connectivity index (χ0v) is 9.32. The zero-order valence-electron chi connectivity index (χ0n) is 7.16. The first-order chi connectivity index (χ1) is 6.83. The highest BCUT2D eigenvalue weighted by atomic mass is 127. The average molecular weight is 368 g/mol. The van der Waals surface area contributed by atoms with Crippen molar-refractivity contribution in [3.05, 3.63) is 0 Å². The molecule has 0 aliphatic carbocycles. The molecule has 0 heterocycles. The van der Waals surface area contributed by atoms with Crippen molar-refractivity contribution in [2.24, 2.45) is 0 Å². The van der Waals surface area contributed by atoms with Crippen LogP contribution in [0.1, 0.15) is 6.42 Å². The third-order valence-corrected chi connectivity index (χ3v) is 2.49. The van der Waals surface area contributed by atoms with Gasteiger partial charge in [-0.05, 0) is 0 Å². The second kappa shape index (κ2) is 4.53. The SMILES string of the molecule is O=C(O)C(I)CC(F)(F)C(F)(F)C(F)(F)F. The first-order valence-electron chi connectivity index (χ1n) is 3.52. The van der Waals surface area contributed by atoms with Gasteiger partial charge in [0.15, 0.2) is 0 Å². The van der Waals surface area contributed by atoms with Crippen LogP contribution in [0.2, 0.25) is 0 Å². The Morgan fingerprint density at radius 2 is 1.50 bits per heavy atom. The fourth-order valence-electron chi connectivity index (χ4n) is 0.648. The fraction of sp³-hybridized carbons (Fsp3) is 0.833. The maximum Gasteiger partial charge on any atom is 0.459 e. The van der Waals surface area contributed by atoms with Gasteiger partial charge in [0.2, 0.25) is 0 Å². The number of carboxylic acids is 1. The number of aliphatic carboxylic acids is 1. The highest BCUT2D eigenvalue weighted by molar-refractivity contribution is 14.1. The standard InChI is InChI=1S/C6H4F7IO2/c7-4(8,1-2(14)3(15)16)5(9,10)6(11,12)13/h2H,1H2,(H,15,16). The van der Waals surface area contributed by atoms with E-state index in [1.165, 1.54) is 0 Å². The van der Waals surface area contributed by atoms with Gasteiger partial charge in [0.05, 0.1) is 0 Å². The molecule has 0 saturated heterocycles. The molecule has 0 aromatic heterocycles. The van der Waals surface area contributed by atoms with Crippen LogP contribution in [0.15, 0.2) is 0 Å². The van der Waals surface area contributed by atoms with E-state index in [1.54, 1.807) is 0 Å². The van der Waals surface area contributed by atoms with E-state index in [0.29, 0.717) is 0 Å². The lowest BCUT2D eigenvalue weighted by atomic mass is 10.1. The van der Waals surface area contributed by atoms with Crippen LogP contribution in [0.3, 0.4) is 0 Å². The van der Waals surface area contributed by atoms with Crippen molar-refractivity contribution in [1.82, 2.24) is 0 Å². The zero-order chi connectivity index (χ0) is 13.4. The summed E-state index contributed by atoms with van der Waals surface area (Å²) < 4.78 is 82.4. The van der Waals surface area contributed by atoms with E-state index in [2.05, 4.69) is 0 Å². The Morgan fingerprint density at radius 1 is 1.12 bits per heavy atom. The molecule has 0 saturated carbocycles. The molecule has 10 heteroatoms. The Bertz CT molecular complexity index is 275. The lowest BCUT2D eigenvalue weighted by Gasteiger charge is -2.28. The second-order valence-electron chi connectivity index (χ2n) is 2.79. The third-order valence-electron chi connectivity index (χ3n) is 1.52. The Hall–Kier alpha value is -0.290. The van der Waals surface area contributed by atoms with E-state index in [-0.39, 0.29) is 0 Å². The van der Waals surface area contributed by atoms with E-state index in [9.17, 15) is 35.5 Å². The highest BCUT2D eigenvalue weighted by Crippen LogP contribution is 2.48. The molecule has 0 spiro atoms. The number of rotatable bonds is 4. The molecule has 0 amide bonds. The van der Waals surface area contributed by atoms with Crippen LogP contribution < -0.4 is 0 Å². The maximum atomic E-state index is 12.6. The minimum Gasteiger partial charge on any atom is -0.480 e. The summed E-state index contributed by atoms with van der Waals surface area (Å²) in [5, 5.41) is 8.15. The van der Waals surface area contributed by atoms with E-state index >= 15 is 0 Å². The maximum absolute atomic E-state index is 12.6. The van der Waals surface area contributed by atoms with Crippen molar-refractivity contribution in [3.63, 3.8) is 0 Å². The summed E-state index contributed by atoms with van der Waals surface area (Å²) in [5.74, 6) is -13.6. The van der Waals surface area contributed by atoms with Gasteiger partial charge in [-0.1, -0.05) is 22.6 Å². The van der Waals surface area contributed by atoms with E-state index < -0.39 is 34.3 Å². The first-order valence-corrected chi connectivity index (χ1v) is 4.76. The summed E-state index contributed by atoms with van der Waals surface area (Å²) in [4.78, 5) is 10.1. The van der Waals surface area contributed by atoms with Gasteiger partial charge in [-0.2, -0.15) is 30.7 Å². The van der Waals surface area contributed by atoms with E-state index in [1.807, 2.05) is 0 Å². The molecule has 0 aromatic rings. The van der Waals surface area contributed by atoms with Crippen molar-refractivity contribution in [1.29, 1.82) is 0 Å². The molecule has 0 aliphatic heterocycles. The van der Waals surface area contributed by atoms with Gasteiger partial charge in [-0.3, -0.25) is 4.79 Å². The Balaban J connectivity index is 4.99. The Morgan fingerprint density at radius 3 is 1.75 bits per heavy atom. The quantitative estimate of drug-likeness (QED) is 0.471. The minimum absolute atomic E-state index is 0.845. The minimum atomic E-state index is -6.43. The van der Waals surface area contributed by atoms with Crippen LogP contribution in [0.4, 0.5) is 30.7 Å². The van der Waals surface area contributed by atoms with Crippen molar-refractivity contribution < 1.29 is 40.6 Å². The number of carboxylic acid groups (broad SMARTS) is 1. The number of hydrogen-bond acceptors (Lipinski definition) is 1. The van der Waals surface area contributed by atoms with E-state index in [0.717, 1.165) is 22.6 Å². The van der Waals surface area contributed by atoms with Crippen LogP contribution in [-0.2, 0) is 4.79 Å². The van der Waals surface area contributed by atoms with Crippen molar-refractivity contribution >= 4 is 28.6 Å². The van der Waals surface area contributed by atoms with Crippen molar-refractivity contribution in [2.75, 3.05) is 0 Å². The van der Waals surface area contributed by atoms with Crippen LogP contribution in [0, 0.1) is 0 Å². The predicted molar refractivity (Wildman–Crippen MR) is 46.0 cm³/mol. The average Bonchev–Trinajstić information content (AvgIpc) is 2.00. The molecule has 0 aliphatic rings. The molecule has 1 unspecified atom stereocenters. The topological polar surface area (TPSA) is 37.3 Å². The van der Waals surface area contributed by atoms with Crippen molar-refractivity contribution in [2.45, 2.75) is 28.4 Å². The van der Waals surface area contributed by atoms with Gasteiger partial charge < -0.3 is 5.11 Å². The van der Waals surface area contributed by atoms with Crippen LogP contribution >= 0.6 is 22.6 Å². The molecule has 0 aromatic carbocycles.